The van der Waals surface area contributed by atoms with Crippen molar-refractivity contribution in [3.05, 3.63) is 34.2 Å². The topological polar surface area (TPSA) is 246 Å². The first-order valence-corrected chi connectivity index (χ1v) is 8.99. The summed E-state index contributed by atoms with van der Waals surface area (Å²) in [5, 5.41) is 72.9. The van der Waals surface area contributed by atoms with Gasteiger partial charge in [-0.3, -0.25) is 15.3 Å². The van der Waals surface area contributed by atoms with Crippen molar-refractivity contribution >= 4 is 23.1 Å². The zero-order chi connectivity index (χ0) is 21.2. The zero-order valence-electron chi connectivity index (χ0n) is 13.9. The van der Waals surface area contributed by atoms with Crippen molar-refractivity contribution in [3.8, 4) is 36.4 Å². The summed E-state index contributed by atoms with van der Waals surface area (Å²) in [6, 6.07) is 10.1. The molecule has 3 aromatic heterocycles. The second kappa shape index (κ2) is 6.84. The van der Waals surface area contributed by atoms with Crippen LogP contribution in [0.1, 0.15) is 34.2 Å². The maximum absolute atomic E-state index is 14.6. The van der Waals surface area contributed by atoms with Crippen LogP contribution in [0.25, 0.3) is 0 Å². The second-order valence-electron chi connectivity index (χ2n) is 5.17. The van der Waals surface area contributed by atoms with Crippen molar-refractivity contribution in [2.75, 3.05) is 0 Å². The van der Waals surface area contributed by atoms with E-state index in [1.54, 1.807) is 36.4 Å². The first kappa shape index (κ1) is 18.6. The van der Waals surface area contributed by atoms with Gasteiger partial charge < -0.3 is 4.57 Å². The molecule has 0 bridgehead atoms. The lowest BCUT2D eigenvalue weighted by atomic mass is 10.3. The molecule has 0 saturated heterocycles. The molecule has 0 atom stereocenters. The molecule has 0 radical (unpaired) electrons. The van der Waals surface area contributed by atoms with Crippen molar-refractivity contribution in [2.24, 2.45) is 0 Å². The summed E-state index contributed by atoms with van der Waals surface area (Å²) in [5.41, 5.74) is -2.66. The van der Waals surface area contributed by atoms with Gasteiger partial charge in [0, 0.05) is 0 Å². The van der Waals surface area contributed by atoms with Gasteiger partial charge in [0.1, 0.15) is 53.5 Å². The van der Waals surface area contributed by atoms with Crippen LogP contribution in [0.5, 0.6) is 0 Å². The molecular formula is C15H3N12OP. The van der Waals surface area contributed by atoms with E-state index < -0.39 is 57.2 Å². The van der Waals surface area contributed by atoms with Crippen LogP contribution in [-0.2, 0) is 4.57 Å². The summed E-state index contributed by atoms with van der Waals surface area (Å²) < 4.78 is 14.6. The lowest BCUT2D eigenvalue weighted by Crippen LogP contribution is -2.32. The lowest BCUT2D eigenvalue weighted by Gasteiger charge is -2.17. The molecule has 0 aliphatic carbocycles. The summed E-state index contributed by atoms with van der Waals surface area (Å²) >= 11 is 0. The van der Waals surface area contributed by atoms with E-state index in [4.69, 9.17) is 0 Å². The van der Waals surface area contributed by atoms with E-state index in [0.29, 0.717) is 0 Å². The molecule has 0 unspecified atom stereocenters. The molecule has 0 aromatic carbocycles. The van der Waals surface area contributed by atoms with Gasteiger partial charge in [0.2, 0.25) is 0 Å². The van der Waals surface area contributed by atoms with E-state index in [-0.39, 0.29) is 0 Å². The highest BCUT2D eigenvalue weighted by molar-refractivity contribution is 7.86. The summed E-state index contributed by atoms with van der Waals surface area (Å²) in [5.74, 6) is 0. The van der Waals surface area contributed by atoms with Crippen LogP contribution >= 0.6 is 7.14 Å². The van der Waals surface area contributed by atoms with Crippen LogP contribution in [0.2, 0.25) is 0 Å². The highest BCUT2D eigenvalue weighted by Crippen LogP contribution is 2.47. The van der Waals surface area contributed by atoms with Crippen LogP contribution in [0, 0.1) is 68.0 Å². The van der Waals surface area contributed by atoms with Crippen molar-refractivity contribution in [1.29, 1.82) is 31.6 Å². The number of hydrogen-bond acceptors (Lipinski definition) is 10. The molecule has 0 aliphatic heterocycles. The van der Waals surface area contributed by atoms with E-state index in [9.17, 15) is 36.1 Å². The Morgan fingerprint density at radius 2 is 0.828 bits per heavy atom. The number of rotatable bonds is 3. The van der Waals surface area contributed by atoms with E-state index >= 15 is 0 Å². The van der Waals surface area contributed by atoms with Crippen molar-refractivity contribution < 1.29 is 4.57 Å². The number of nitrogens with one attached hydrogen (secondary N) is 3. The van der Waals surface area contributed by atoms with Crippen LogP contribution in [0.15, 0.2) is 0 Å². The smallest absolute Gasteiger partial charge is 0.188 e. The molecule has 14 heteroatoms. The third-order valence-corrected chi connectivity index (χ3v) is 7.02. The molecule has 13 nitrogen and oxygen atoms in total. The quantitative estimate of drug-likeness (QED) is 0.441. The van der Waals surface area contributed by atoms with Crippen LogP contribution in [0.3, 0.4) is 0 Å². The standard InChI is InChI=1S/C15H3N12OP/c16-1-7-13(8(2-17)23-22-7)29(28,14-9(3-18)24-25-10(14)4-19)15-11(5-20)26-27-12(15)6-21/h(H,22,23)(H,24,25)(H,26,27). The van der Waals surface area contributed by atoms with E-state index in [1.807, 2.05) is 0 Å². The molecule has 0 spiro atoms. The van der Waals surface area contributed by atoms with Gasteiger partial charge in [-0.15, -0.1) is 0 Å². The predicted molar refractivity (Wildman–Crippen MR) is 90.6 cm³/mol. The fourth-order valence-corrected chi connectivity index (χ4v) is 5.84. The highest BCUT2D eigenvalue weighted by Gasteiger charge is 2.46. The van der Waals surface area contributed by atoms with Gasteiger partial charge in [-0.25, -0.2) is 0 Å². The number of hydrogen-bond donors (Lipinski definition) is 3. The summed E-state index contributed by atoms with van der Waals surface area (Å²) in [6.07, 6.45) is 0. The second-order valence-corrected chi connectivity index (χ2v) is 7.73. The van der Waals surface area contributed by atoms with Crippen LogP contribution in [-0.4, -0.2) is 30.6 Å². The fourth-order valence-electron chi connectivity index (χ4n) is 2.73. The minimum atomic E-state index is -4.57. The molecule has 3 N–H and O–H groups in total. The minimum absolute atomic E-state index is 0.409. The third-order valence-electron chi connectivity index (χ3n) is 3.82. The fraction of sp³-hybridized carbons (Fsp3) is 0. The van der Waals surface area contributed by atoms with Gasteiger partial charge in [-0.05, 0) is 0 Å². The summed E-state index contributed by atoms with van der Waals surface area (Å²) in [6.45, 7) is 0. The first-order valence-electron chi connectivity index (χ1n) is 7.29. The first-order chi connectivity index (χ1) is 14.0. The van der Waals surface area contributed by atoms with Gasteiger partial charge in [0.25, 0.3) is 0 Å². The number of nitriles is 6. The SMILES string of the molecule is N#Cc1n[nH]c(C#N)c1P(=O)(c1c(C#N)n[nH]c1C#N)c1c(C#N)n[nH]c1C#N. The molecule has 3 aromatic rings. The molecule has 3 heterocycles. The number of aromatic amines is 3. The maximum atomic E-state index is 14.6. The van der Waals surface area contributed by atoms with Crippen molar-refractivity contribution in [1.82, 2.24) is 30.6 Å². The Morgan fingerprint density at radius 1 is 0.552 bits per heavy atom. The van der Waals surface area contributed by atoms with Gasteiger partial charge in [0.05, 0.1) is 15.9 Å². The monoisotopic (exact) mass is 398 g/mol. The number of aromatic nitrogens is 6. The average Bonchev–Trinajstić information content (AvgIpc) is 3.48. The summed E-state index contributed by atoms with van der Waals surface area (Å²) in [7, 11) is -4.57. The van der Waals surface area contributed by atoms with Gasteiger partial charge >= 0.3 is 0 Å². The third kappa shape index (κ3) is 2.42. The van der Waals surface area contributed by atoms with Crippen molar-refractivity contribution in [2.45, 2.75) is 0 Å². The van der Waals surface area contributed by atoms with Crippen molar-refractivity contribution in [3.63, 3.8) is 0 Å². The largest absolute Gasteiger partial charge is 0.308 e. The molecule has 29 heavy (non-hydrogen) atoms. The Morgan fingerprint density at radius 3 is 1.03 bits per heavy atom. The molecule has 0 saturated carbocycles. The van der Waals surface area contributed by atoms with Gasteiger partial charge in [-0.1, -0.05) is 0 Å². The molecule has 0 aliphatic rings. The normalized spacial score (nSPS) is 10.0. The Bertz CT molecular complexity index is 1190. The lowest BCUT2D eigenvalue weighted by molar-refractivity contribution is 0.592. The molecule has 3 rings (SSSR count). The molecule has 0 fully saturated rings. The highest BCUT2D eigenvalue weighted by atomic mass is 31.2. The Hall–Kier alpha value is -5.20. The molecule has 134 valence electrons. The average molecular weight is 398 g/mol. The number of H-pyrrole nitrogens is 3. The molecular weight excluding hydrogens is 395 g/mol. The van der Waals surface area contributed by atoms with Gasteiger partial charge in [-0.2, -0.15) is 46.9 Å². The zero-order valence-corrected chi connectivity index (χ0v) is 14.8. The van der Waals surface area contributed by atoms with Crippen LogP contribution < -0.4 is 15.9 Å². The van der Waals surface area contributed by atoms with E-state index in [2.05, 4.69) is 30.6 Å². The molecule has 0 amide bonds. The number of nitrogens with zero attached hydrogens (tertiary/aromatic N) is 9. The Labute approximate surface area is 161 Å². The Balaban J connectivity index is 2.66. The van der Waals surface area contributed by atoms with E-state index in [1.165, 1.54) is 0 Å². The van der Waals surface area contributed by atoms with Crippen LogP contribution in [0.4, 0.5) is 0 Å². The van der Waals surface area contributed by atoms with E-state index in [0.717, 1.165) is 0 Å². The predicted octanol–water partition coefficient (Wildman–Crippen LogP) is -1.27. The Kier molecular flexibility index (Phi) is 4.38. The minimum Gasteiger partial charge on any atom is -0.308 e. The van der Waals surface area contributed by atoms with Gasteiger partial charge in [0.15, 0.2) is 24.2 Å². The summed E-state index contributed by atoms with van der Waals surface area (Å²) in [4.78, 5) is 0. The maximum Gasteiger partial charge on any atom is 0.188 e.